The van der Waals surface area contributed by atoms with Crippen molar-refractivity contribution in [2.24, 2.45) is 0 Å². The normalized spacial score (nSPS) is 10.8. The van der Waals surface area contributed by atoms with Gasteiger partial charge in [0.2, 0.25) is 5.91 Å². The Kier molecular flexibility index (Phi) is 8.67. The first kappa shape index (κ1) is 25.3. The van der Waals surface area contributed by atoms with Crippen LogP contribution in [0.25, 0.3) is 11.1 Å². The maximum Gasteiger partial charge on any atom is 0.341 e. The van der Waals surface area contributed by atoms with E-state index >= 15 is 0 Å². The Morgan fingerprint density at radius 3 is 2.38 bits per heavy atom. The summed E-state index contributed by atoms with van der Waals surface area (Å²) in [6.07, 6.45) is 0. The van der Waals surface area contributed by atoms with E-state index in [0.29, 0.717) is 28.6 Å². The molecule has 0 unspecified atom stereocenters. The van der Waals surface area contributed by atoms with Crippen molar-refractivity contribution in [1.82, 2.24) is 4.90 Å². The Bertz CT molecular complexity index is 1140. The molecular formula is C26H30N2O5S. The van der Waals surface area contributed by atoms with Crippen molar-refractivity contribution >= 4 is 28.2 Å². The number of nitrogens with one attached hydrogen (secondary N) is 1. The smallest absolute Gasteiger partial charge is 0.341 e. The summed E-state index contributed by atoms with van der Waals surface area (Å²) in [4.78, 5) is 27.4. The average Bonchev–Trinajstić information content (AvgIpc) is 3.22. The van der Waals surface area contributed by atoms with Crippen LogP contribution in [0.4, 0.5) is 5.00 Å². The van der Waals surface area contributed by atoms with Gasteiger partial charge in [-0.25, -0.2) is 4.79 Å². The molecule has 0 saturated heterocycles. The predicted octanol–water partition coefficient (Wildman–Crippen LogP) is 4.99. The number of esters is 1. The number of anilines is 1. The minimum Gasteiger partial charge on any atom is -0.493 e. The number of likely N-dealkylation sites (N-methyl/N-ethyl adjacent to an activating group) is 1. The van der Waals surface area contributed by atoms with E-state index < -0.39 is 5.97 Å². The van der Waals surface area contributed by atoms with E-state index in [1.807, 2.05) is 66.7 Å². The van der Waals surface area contributed by atoms with Gasteiger partial charge in [0, 0.05) is 17.5 Å². The van der Waals surface area contributed by atoms with Crippen LogP contribution in [0.15, 0.2) is 47.8 Å². The number of carbonyl (C=O) groups is 2. The largest absolute Gasteiger partial charge is 0.493 e. The molecule has 0 aliphatic carbocycles. The first-order valence-electron chi connectivity index (χ1n) is 10.9. The van der Waals surface area contributed by atoms with Gasteiger partial charge in [0.25, 0.3) is 0 Å². The highest BCUT2D eigenvalue weighted by molar-refractivity contribution is 7.15. The molecule has 0 aliphatic rings. The van der Waals surface area contributed by atoms with Crippen molar-refractivity contribution in [3.05, 3.63) is 64.5 Å². The number of amides is 1. The minimum atomic E-state index is -0.451. The highest BCUT2D eigenvalue weighted by Gasteiger charge is 2.23. The number of thiophene rings is 1. The van der Waals surface area contributed by atoms with Gasteiger partial charge in [-0.3, -0.25) is 9.69 Å². The first-order chi connectivity index (χ1) is 16.4. The summed E-state index contributed by atoms with van der Waals surface area (Å²) < 4.78 is 15.9. The van der Waals surface area contributed by atoms with Gasteiger partial charge in [-0.2, -0.15) is 0 Å². The Labute approximate surface area is 204 Å². The van der Waals surface area contributed by atoms with Crippen molar-refractivity contribution in [1.29, 1.82) is 0 Å². The molecule has 0 bridgehead atoms. The van der Waals surface area contributed by atoms with Gasteiger partial charge in [-0.1, -0.05) is 35.9 Å². The van der Waals surface area contributed by atoms with Crippen LogP contribution in [0, 0.1) is 6.92 Å². The fourth-order valence-corrected chi connectivity index (χ4v) is 4.53. The number of carbonyl (C=O) groups excluding carboxylic acids is 2. The molecule has 1 heterocycles. The molecule has 180 valence electrons. The number of benzene rings is 2. The summed E-state index contributed by atoms with van der Waals surface area (Å²) in [5.74, 6) is 0.624. The van der Waals surface area contributed by atoms with E-state index in [0.717, 1.165) is 22.3 Å². The van der Waals surface area contributed by atoms with E-state index in [1.165, 1.54) is 11.3 Å². The fraction of sp³-hybridized carbons (Fsp3) is 0.308. The molecule has 1 aromatic heterocycles. The first-order valence-corrected chi connectivity index (χ1v) is 11.8. The molecule has 2 aromatic carbocycles. The molecule has 0 fully saturated rings. The average molecular weight is 483 g/mol. The lowest BCUT2D eigenvalue weighted by Crippen LogP contribution is -2.30. The molecule has 0 saturated carbocycles. The van der Waals surface area contributed by atoms with Crippen molar-refractivity contribution in [3.8, 4) is 22.6 Å². The molecule has 1 N–H and O–H groups in total. The second-order valence-electron chi connectivity index (χ2n) is 7.85. The van der Waals surface area contributed by atoms with E-state index in [4.69, 9.17) is 14.2 Å². The molecular weight excluding hydrogens is 452 g/mol. The zero-order chi connectivity index (χ0) is 24.7. The third kappa shape index (κ3) is 6.15. The molecule has 0 aliphatic heterocycles. The Hall–Kier alpha value is -3.36. The van der Waals surface area contributed by atoms with Crippen LogP contribution in [0.5, 0.6) is 11.5 Å². The van der Waals surface area contributed by atoms with Crippen LogP contribution in [0.2, 0.25) is 0 Å². The Balaban J connectivity index is 1.73. The van der Waals surface area contributed by atoms with Gasteiger partial charge >= 0.3 is 5.97 Å². The molecule has 34 heavy (non-hydrogen) atoms. The number of hydrogen-bond acceptors (Lipinski definition) is 7. The summed E-state index contributed by atoms with van der Waals surface area (Å²) in [5.41, 5.74) is 4.14. The van der Waals surface area contributed by atoms with E-state index in [1.54, 1.807) is 21.1 Å². The number of methoxy groups -OCH3 is 2. The molecule has 0 spiro atoms. The van der Waals surface area contributed by atoms with E-state index in [9.17, 15) is 9.59 Å². The summed E-state index contributed by atoms with van der Waals surface area (Å²) >= 11 is 1.32. The zero-order valence-corrected chi connectivity index (χ0v) is 21.0. The van der Waals surface area contributed by atoms with Crippen LogP contribution in [-0.4, -0.2) is 51.2 Å². The lowest BCUT2D eigenvalue weighted by molar-refractivity contribution is -0.117. The Morgan fingerprint density at radius 1 is 1.03 bits per heavy atom. The Morgan fingerprint density at radius 2 is 1.74 bits per heavy atom. The van der Waals surface area contributed by atoms with Gasteiger partial charge < -0.3 is 19.5 Å². The van der Waals surface area contributed by atoms with E-state index in [-0.39, 0.29) is 19.1 Å². The second kappa shape index (κ2) is 11.7. The van der Waals surface area contributed by atoms with Crippen LogP contribution in [0.1, 0.15) is 28.4 Å². The monoisotopic (exact) mass is 482 g/mol. The molecule has 7 nitrogen and oxygen atoms in total. The maximum absolute atomic E-state index is 12.8. The predicted molar refractivity (Wildman–Crippen MR) is 135 cm³/mol. The molecule has 3 rings (SSSR count). The van der Waals surface area contributed by atoms with Crippen molar-refractivity contribution < 1.29 is 23.8 Å². The molecule has 1 amide bonds. The molecule has 0 atom stereocenters. The van der Waals surface area contributed by atoms with Gasteiger partial charge in [-0.15, -0.1) is 11.3 Å². The summed E-state index contributed by atoms with van der Waals surface area (Å²) in [6.45, 7) is 4.71. The molecule has 3 aromatic rings. The van der Waals surface area contributed by atoms with E-state index in [2.05, 4.69) is 5.32 Å². The molecule has 8 heteroatoms. The van der Waals surface area contributed by atoms with Gasteiger partial charge in [-0.05, 0) is 44.2 Å². The summed E-state index contributed by atoms with van der Waals surface area (Å²) in [7, 11) is 5.04. The van der Waals surface area contributed by atoms with Gasteiger partial charge in [0.15, 0.2) is 11.5 Å². The fourth-order valence-electron chi connectivity index (χ4n) is 3.56. The van der Waals surface area contributed by atoms with Crippen LogP contribution >= 0.6 is 11.3 Å². The number of nitrogens with zero attached hydrogens (tertiary/aromatic N) is 1. The SMILES string of the molecule is CCOC(=O)c1c(-c2ccc(C)cc2)csc1NC(=O)CN(C)Cc1ccc(OC)c(OC)c1. The summed E-state index contributed by atoms with van der Waals surface area (Å²) in [6, 6.07) is 13.6. The van der Waals surface area contributed by atoms with Gasteiger partial charge in [0.05, 0.1) is 27.4 Å². The number of hydrogen-bond donors (Lipinski definition) is 1. The van der Waals surface area contributed by atoms with Gasteiger partial charge in [0.1, 0.15) is 10.6 Å². The lowest BCUT2D eigenvalue weighted by atomic mass is 10.0. The lowest BCUT2D eigenvalue weighted by Gasteiger charge is -2.17. The van der Waals surface area contributed by atoms with Crippen LogP contribution in [-0.2, 0) is 16.1 Å². The highest BCUT2D eigenvalue weighted by Crippen LogP contribution is 2.36. The number of ether oxygens (including phenoxy) is 3. The van der Waals surface area contributed by atoms with Crippen molar-refractivity contribution in [2.45, 2.75) is 20.4 Å². The minimum absolute atomic E-state index is 0.147. The second-order valence-corrected chi connectivity index (χ2v) is 8.73. The van der Waals surface area contributed by atoms with Crippen LogP contribution < -0.4 is 14.8 Å². The van der Waals surface area contributed by atoms with Crippen molar-refractivity contribution in [2.75, 3.05) is 39.7 Å². The molecule has 0 radical (unpaired) electrons. The number of rotatable bonds is 10. The standard InChI is InChI=1S/C26H30N2O5S/c1-6-33-26(30)24-20(19-10-7-17(2)8-11-19)16-34-25(24)27-23(29)15-28(3)14-18-9-12-21(31-4)22(13-18)32-5/h7-13,16H,6,14-15H2,1-5H3,(H,27,29). The third-order valence-corrected chi connectivity index (χ3v) is 6.10. The zero-order valence-electron chi connectivity index (χ0n) is 20.1. The number of aryl methyl sites for hydroxylation is 1. The quantitative estimate of drug-likeness (QED) is 0.411. The topological polar surface area (TPSA) is 77.1 Å². The summed E-state index contributed by atoms with van der Waals surface area (Å²) in [5, 5.41) is 5.26. The maximum atomic E-state index is 12.8. The highest BCUT2D eigenvalue weighted by atomic mass is 32.1. The van der Waals surface area contributed by atoms with Crippen molar-refractivity contribution in [3.63, 3.8) is 0 Å². The van der Waals surface area contributed by atoms with Crippen LogP contribution in [0.3, 0.4) is 0 Å². The third-order valence-electron chi connectivity index (χ3n) is 5.20.